The molecule has 0 saturated carbocycles. The van der Waals surface area contributed by atoms with Crippen molar-refractivity contribution in [1.29, 1.82) is 0 Å². The van der Waals surface area contributed by atoms with Gasteiger partial charge >= 0.3 is 0 Å². The Kier molecular flexibility index (Phi) is 3.01. The molecule has 1 N–H and O–H groups in total. The normalized spacial score (nSPS) is 10.2. The molecule has 82 valence electrons. The fraction of sp³-hybridized carbons (Fsp3) is 0.182. The summed E-state index contributed by atoms with van der Waals surface area (Å²) in [6.07, 6.45) is 1.64. The standard InChI is InChI=1S/C11H11ClN4/c1-7-5-11(15-8(2)14-7)16-10-6-9(12)3-4-13-10/h3-6H,1-2H3,(H,13,14,15,16). The van der Waals surface area contributed by atoms with E-state index in [1.807, 2.05) is 19.9 Å². The van der Waals surface area contributed by atoms with Gasteiger partial charge in [-0.2, -0.15) is 0 Å². The molecule has 2 heterocycles. The Morgan fingerprint density at radius 2 is 1.94 bits per heavy atom. The molecule has 0 aliphatic carbocycles. The highest BCUT2D eigenvalue weighted by atomic mass is 35.5. The molecule has 2 rings (SSSR count). The van der Waals surface area contributed by atoms with Crippen molar-refractivity contribution in [3.8, 4) is 0 Å². The van der Waals surface area contributed by atoms with Gasteiger partial charge in [-0.1, -0.05) is 11.6 Å². The van der Waals surface area contributed by atoms with Crippen LogP contribution >= 0.6 is 11.6 Å². The van der Waals surface area contributed by atoms with E-state index in [0.29, 0.717) is 10.8 Å². The predicted octanol–water partition coefficient (Wildman–Crippen LogP) is 2.89. The monoisotopic (exact) mass is 234 g/mol. The summed E-state index contributed by atoms with van der Waals surface area (Å²) in [6.45, 7) is 3.77. The first-order valence-electron chi connectivity index (χ1n) is 4.84. The van der Waals surface area contributed by atoms with E-state index < -0.39 is 0 Å². The summed E-state index contributed by atoms with van der Waals surface area (Å²) in [5, 5.41) is 3.72. The van der Waals surface area contributed by atoms with Gasteiger partial charge < -0.3 is 5.32 Å². The number of aryl methyl sites for hydroxylation is 2. The molecule has 0 bridgehead atoms. The van der Waals surface area contributed by atoms with Gasteiger partial charge in [-0.15, -0.1) is 0 Å². The zero-order valence-corrected chi connectivity index (χ0v) is 9.78. The Morgan fingerprint density at radius 1 is 1.12 bits per heavy atom. The molecule has 0 saturated heterocycles. The second-order valence-corrected chi connectivity index (χ2v) is 3.86. The van der Waals surface area contributed by atoms with E-state index >= 15 is 0 Å². The molecule has 0 spiro atoms. The molecular weight excluding hydrogens is 224 g/mol. The van der Waals surface area contributed by atoms with Crippen molar-refractivity contribution < 1.29 is 0 Å². The van der Waals surface area contributed by atoms with Gasteiger partial charge in [0.1, 0.15) is 17.5 Å². The third-order valence-electron chi connectivity index (χ3n) is 1.94. The highest BCUT2D eigenvalue weighted by molar-refractivity contribution is 6.30. The molecule has 0 aliphatic rings. The molecule has 2 aromatic heterocycles. The minimum Gasteiger partial charge on any atom is -0.325 e. The topological polar surface area (TPSA) is 50.7 Å². The number of pyridine rings is 1. The molecule has 0 unspecified atom stereocenters. The molecule has 0 amide bonds. The van der Waals surface area contributed by atoms with Crippen molar-refractivity contribution in [2.75, 3.05) is 5.32 Å². The van der Waals surface area contributed by atoms with E-state index in [2.05, 4.69) is 20.3 Å². The fourth-order valence-corrected chi connectivity index (χ4v) is 1.55. The van der Waals surface area contributed by atoms with Gasteiger partial charge in [0.2, 0.25) is 0 Å². The quantitative estimate of drug-likeness (QED) is 0.868. The zero-order valence-electron chi connectivity index (χ0n) is 9.03. The van der Waals surface area contributed by atoms with E-state index in [4.69, 9.17) is 11.6 Å². The molecule has 2 aromatic rings. The first kappa shape index (κ1) is 10.8. The summed E-state index contributed by atoms with van der Waals surface area (Å²) in [5.41, 5.74) is 0.914. The van der Waals surface area contributed by atoms with Crippen molar-refractivity contribution >= 4 is 23.2 Å². The van der Waals surface area contributed by atoms with Crippen LogP contribution in [-0.2, 0) is 0 Å². The molecule has 0 aliphatic heterocycles. The van der Waals surface area contributed by atoms with Gasteiger partial charge in [0.15, 0.2) is 0 Å². The van der Waals surface area contributed by atoms with Crippen LogP contribution in [0.15, 0.2) is 24.4 Å². The van der Waals surface area contributed by atoms with Crippen molar-refractivity contribution in [2.24, 2.45) is 0 Å². The van der Waals surface area contributed by atoms with Crippen LogP contribution in [0.2, 0.25) is 5.02 Å². The van der Waals surface area contributed by atoms with Crippen LogP contribution in [0.5, 0.6) is 0 Å². The molecule has 0 atom stereocenters. The van der Waals surface area contributed by atoms with Gasteiger partial charge in [-0.3, -0.25) is 0 Å². The summed E-state index contributed by atoms with van der Waals surface area (Å²) >= 11 is 5.86. The van der Waals surface area contributed by atoms with Gasteiger partial charge in [0.25, 0.3) is 0 Å². The SMILES string of the molecule is Cc1cc(Nc2cc(Cl)ccn2)nc(C)n1. The Balaban J connectivity index is 2.27. The summed E-state index contributed by atoms with van der Waals surface area (Å²) in [4.78, 5) is 12.6. The maximum atomic E-state index is 5.86. The summed E-state index contributed by atoms with van der Waals surface area (Å²) in [6, 6.07) is 5.33. The number of hydrogen-bond acceptors (Lipinski definition) is 4. The average Bonchev–Trinajstić information content (AvgIpc) is 2.15. The lowest BCUT2D eigenvalue weighted by atomic mass is 10.4. The molecule has 16 heavy (non-hydrogen) atoms. The molecule has 0 radical (unpaired) electrons. The maximum Gasteiger partial charge on any atom is 0.135 e. The third kappa shape index (κ3) is 2.67. The lowest BCUT2D eigenvalue weighted by Crippen LogP contribution is -1.99. The van der Waals surface area contributed by atoms with Crippen LogP contribution in [0, 0.1) is 13.8 Å². The van der Waals surface area contributed by atoms with Crippen molar-refractivity contribution in [3.05, 3.63) is 40.9 Å². The number of hydrogen-bond donors (Lipinski definition) is 1. The van der Waals surface area contributed by atoms with Gasteiger partial charge in [0, 0.05) is 23.0 Å². The van der Waals surface area contributed by atoms with E-state index in [1.165, 1.54) is 0 Å². The molecule has 0 aromatic carbocycles. The van der Waals surface area contributed by atoms with E-state index in [9.17, 15) is 0 Å². The van der Waals surface area contributed by atoms with E-state index in [0.717, 1.165) is 17.3 Å². The number of anilines is 2. The number of halogens is 1. The second-order valence-electron chi connectivity index (χ2n) is 3.43. The van der Waals surface area contributed by atoms with Gasteiger partial charge in [-0.25, -0.2) is 15.0 Å². The number of nitrogens with one attached hydrogen (secondary N) is 1. The summed E-state index contributed by atoms with van der Waals surface area (Å²) in [7, 11) is 0. The Bertz CT molecular complexity index is 493. The summed E-state index contributed by atoms with van der Waals surface area (Å²) in [5.74, 6) is 2.12. The van der Waals surface area contributed by atoms with Crippen LogP contribution in [0.25, 0.3) is 0 Å². The van der Waals surface area contributed by atoms with Gasteiger partial charge in [-0.05, 0) is 26.0 Å². The Labute approximate surface area is 98.7 Å². The van der Waals surface area contributed by atoms with Crippen LogP contribution in [0.4, 0.5) is 11.6 Å². The number of aromatic nitrogens is 3. The van der Waals surface area contributed by atoms with Crippen LogP contribution < -0.4 is 5.32 Å². The number of nitrogens with zero attached hydrogens (tertiary/aromatic N) is 3. The van der Waals surface area contributed by atoms with Crippen LogP contribution in [0.3, 0.4) is 0 Å². The van der Waals surface area contributed by atoms with E-state index in [-0.39, 0.29) is 0 Å². The highest BCUT2D eigenvalue weighted by Crippen LogP contribution is 2.16. The summed E-state index contributed by atoms with van der Waals surface area (Å²) < 4.78 is 0. The van der Waals surface area contributed by atoms with Crippen LogP contribution in [0.1, 0.15) is 11.5 Å². The van der Waals surface area contributed by atoms with Gasteiger partial charge in [0.05, 0.1) is 0 Å². The first-order valence-corrected chi connectivity index (χ1v) is 5.22. The molecular formula is C11H11ClN4. The Morgan fingerprint density at radius 3 is 2.62 bits per heavy atom. The molecule has 0 fully saturated rings. The molecule has 4 nitrogen and oxygen atoms in total. The predicted molar refractivity (Wildman–Crippen MR) is 64.0 cm³/mol. The Hall–Kier alpha value is -1.68. The maximum absolute atomic E-state index is 5.86. The van der Waals surface area contributed by atoms with Crippen molar-refractivity contribution in [1.82, 2.24) is 15.0 Å². The van der Waals surface area contributed by atoms with Crippen molar-refractivity contribution in [3.63, 3.8) is 0 Å². The minimum atomic E-state index is 0.639. The minimum absolute atomic E-state index is 0.639. The fourth-order valence-electron chi connectivity index (χ4n) is 1.39. The van der Waals surface area contributed by atoms with E-state index in [1.54, 1.807) is 18.3 Å². The molecule has 5 heteroatoms. The number of rotatable bonds is 2. The lowest BCUT2D eigenvalue weighted by Gasteiger charge is -2.06. The largest absolute Gasteiger partial charge is 0.325 e. The third-order valence-corrected chi connectivity index (χ3v) is 2.18. The van der Waals surface area contributed by atoms with Crippen LogP contribution in [-0.4, -0.2) is 15.0 Å². The highest BCUT2D eigenvalue weighted by Gasteiger charge is 2.00. The lowest BCUT2D eigenvalue weighted by molar-refractivity contribution is 1.01. The second kappa shape index (κ2) is 4.45. The average molecular weight is 235 g/mol. The van der Waals surface area contributed by atoms with Crippen molar-refractivity contribution in [2.45, 2.75) is 13.8 Å². The first-order chi connectivity index (χ1) is 7.63. The zero-order chi connectivity index (χ0) is 11.5. The smallest absolute Gasteiger partial charge is 0.135 e.